The predicted octanol–water partition coefficient (Wildman–Crippen LogP) is 1.40. The van der Waals surface area contributed by atoms with Gasteiger partial charge in [-0.1, -0.05) is 0 Å². The van der Waals surface area contributed by atoms with Crippen LogP contribution in [0.5, 0.6) is 0 Å². The van der Waals surface area contributed by atoms with Gasteiger partial charge in [0.05, 0.1) is 6.20 Å². The molecular weight excluding hydrogens is 214 g/mol. The fourth-order valence-electron chi connectivity index (χ4n) is 3.32. The van der Waals surface area contributed by atoms with Gasteiger partial charge in [-0.2, -0.15) is 5.10 Å². The molecule has 1 saturated heterocycles. The molecule has 4 nitrogen and oxygen atoms in total. The number of piperidine rings is 1. The van der Waals surface area contributed by atoms with E-state index in [1.807, 2.05) is 17.8 Å². The topological polar surface area (TPSA) is 46.9 Å². The van der Waals surface area contributed by atoms with Gasteiger partial charge in [0.15, 0.2) is 5.78 Å². The molecule has 1 fully saturated rings. The number of carbonyl (C=O) groups is 1. The molecular formula is C13H19N3O. The SMILES string of the molecule is CCn1ncc2c1C(=O)CC1(CCNCC1)C2. The van der Waals surface area contributed by atoms with E-state index in [9.17, 15) is 4.79 Å². The summed E-state index contributed by atoms with van der Waals surface area (Å²) in [5.41, 5.74) is 2.26. The van der Waals surface area contributed by atoms with Crippen molar-refractivity contribution in [3.8, 4) is 0 Å². The molecule has 0 radical (unpaired) electrons. The molecule has 1 aliphatic carbocycles. The molecule has 2 heterocycles. The molecule has 3 rings (SSSR count). The maximum absolute atomic E-state index is 12.3. The van der Waals surface area contributed by atoms with Crippen LogP contribution < -0.4 is 5.32 Å². The Morgan fingerprint density at radius 1 is 1.41 bits per heavy atom. The molecule has 1 aliphatic heterocycles. The van der Waals surface area contributed by atoms with Crippen LogP contribution in [-0.2, 0) is 13.0 Å². The number of rotatable bonds is 1. The molecule has 17 heavy (non-hydrogen) atoms. The number of fused-ring (bicyclic) bond motifs is 1. The summed E-state index contributed by atoms with van der Waals surface area (Å²) in [5, 5.41) is 7.70. The zero-order valence-electron chi connectivity index (χ0n) is 10.3. The van der Waals surface area contributed by atoms with Crippen molar-refractivity contribution in [2.45, 2.75) is 39.2 Å². The van der Waals surface area contributed by atoms with Crippen LogP contribution in [0.4, 0.5) is 0 Å². The largest absolute Gasteiger partial charge is 0.317 e. The minimum absolute atomic E-state index is 0.219. The predicted molar refractivity (Wildman–Crippen MR) is 65.1 cm³/mol. The number of carbonyl (C=O) groups excluding carboxylic acids is 1. The molecule has 92 valence electrons. The minimum atomic E-state index is 0.219. The summed E-state index contributed by atoms with van der Waals surface area (Å²) in [6.07, 6.45) is 5.90. The van der Waals surface area contributed by atoms with E-state index in [0.29, 0.717) is 12.2 Å². The molecule has 1 aromatic rings. The number of Topliss-reactive ketones (excluding diaryl/α,β-unsaturated/α-hetero) is 1. The van der Waals surface area contributed by atoms with Crippen molar-refractivity contribution < 1.29 is 4.79 Å². The smallest absolute Gasteiger partial charge is 0.181 e. The van der Waals surface area contributed by atoms with Gasteiger partial charge in [-0.25, -0.2) is 0 Å². The molecule has 0 bridgehead atoms. The Morgan fingerprint density at radius 2 is 2.18 bits per heavy atom. The highest BCUT2D eigenvalue weighted by Gasteiger charge is 2.40. The second-order valence-electron chi connectivity index (χ2n) is 5.36. The van der Waals surface area contributed by atoms with Crippen molar-refractivity contribution in [1.29, 1.82) is 0 Å². The first-order chi connectivity index (χ1) is 8.24. The van der Waals surface area contributed by atoms with Crippen LogP contribution in [0.3, 0.4) is 0 Å². The number of aromatic nitrogens is 2. The zero-order valence-corrected chi connectivity index (χ0v) is 10.3. The summed E-state index contributed by atoms with van der Waals surface area (Å²) in [7, 11) is 0. The third kappa shape index (κ3) is 1.71. The molecule has 2 aliphatic rings. The average Bonchev–Trinajstić information content (AvgIpc) is 2.73. The molecule has 1 aromatic heterocycles. The highest BCUT2D eigenvalue weighted by atomic mass is 16.1. The summed E-state index contributed by atoms with van der Waals surface area (Å²) >= 11 is 0. The summed E-state index contributed by atoms with van der Waals surface area (Å²) in [4.78, 5) is 12.3. The van der Waals surface area contributed by atoms with E-state index in [-0.39, 0.29) is 5.41 Å². The van der Waals surface area contributed by atoms with Gasteiger partial charge in [0.25, 0.3) is 0 Å². The molecule has 0 saturated carbocycles. The molecule has 0 unspecified atom stereocenters. The lowest BCUT2D eigenvalue weighted by Gasteiger charge is -2.39. The Labute approximate surface area is 101 Å². The summed E-state index contributed by atoms with van der Waals surface area (Å²) in [6, 6.07) is 0. The van der Waals surface area contributed by atoms with Crippen molar-refractivity contribution in [1.82, 2.24) is 15.1 Å². The normalized spacial score (nSPS) is 22.8. The van der Waals surface area contributed by atoms with Crippen LogP contribution in [0.1, 0.15) is 42.2 Å². The fraction of sp³-hybridized carbons (Fsp3) is 0.692. The van der Waals surface area contributed by atoms with Gasteiger partial charge in [-0.15, -0.1) is 0 Å². The van der Waals surface area contributed by atoms with Gasteiger partial charge in [0, 0.05) is 18.5 Å². The lowest BCUT2D eigenvalue weighted by atomic mass is 9.67. The van der Waals surface area contributed by atoms with Crippen molar-refractivity contribution >= 4 is 5.78 Å². The Bertz CT molecular complexity index is 444. The van der Waals surface area contributed by atoms with Gasteiger partial charge in [0.1, 0.15) is 5.69 Å². The molecule has 0 atom stereocenters. The second-order valence-corrected chi connectivity index (χ2v) is 5.36. The van der Waals surface area contributed by atoms with E-state index in [4.69, 9.17) is 0 Å². The fourth-order valence-corrected chi connectivity index (χ4v) is 3.32. The van der Waals surface area contributed by atoms with Crippen LogP contribution in [0.25, 0.3) is 0 Å². The standard InChI is InChI=1S/C13H19N3O/c1-2-16-12-10(9-15-16)7-13(8-11(12)17)3-5-14-6-4-13/h9,14H,2-8H2,1H3. The van der Waals surface area contributed by atoms with Crippen LogP contribution in [-0.4, -0.2) is 28.7 Å². The maximum Gasteiger partial charge on any atom is 0.181 e. The van der Waals surface area contributed by atoms with E-state index in [1.165, 1.54) is 5.56 Å². The quantitative estimate of drug-likeness (QED) is 0.797. The van der Waals surface area contributed by atoms with Crippen molar-refractivity contribution in [2.75, 3.05) is 13.1 Å². The van der Waals surface area contributed by atoms with Crippen LogP contribution >= 0.6 is 0 Å². The molecule has 1 N–H and O–H groups in total. The third-order valence-electron chi connectivity index (χ3n) is 4.24. The molecule has 0 amide bonds. The minimum Gasteiger partial charge on any atom is -0.317 e. The first kappa shape index (κ1) is 11.0. The van der Waals surface area contributed by atoms with Crippen molar-refractivity contribution in [2.24, 2.45) is 5.41 Å². The molecule has 1 spiro atoms. The Balaban J connectivity index is 1.95. The number of aryl methyl sites for hydroxylation is 1. The first-order valence-electron chi connectivity index (χ1n) is 6.53. The van der Waals surface area contributed by atoms with Gasteiger partial charge in [-0.05, 0) is 44.7 Å². The summed E-state index contributed by atoms with van der Waals surface area (Å²) in [6.45, 7) is 4.92. The van der Waals surface area contributed by atoms with E-state index in [0.717, 1.165) is 44.6 Å². The van der Waals surface area contributed by atoms with Crippen molar-refractivity contribution in [3.63, 3.8) is 0 Å². The number of nitrogens with zero attached hydrogens (tertiary/aromatic N) is 2. The lowest BCUT2D eigenvalue weighted by Crippen LogP contribution is -2.42. The summed E-state index contributed by atoms with van der Waals surface area (Å²) < 4.78 is 1.85. The first-order valence-corrected chi connectivity index (χ1v) is 6.53. The Kier molecular flexibility index (Phi) is 2.54. The molecule has 4 heteroatoms. The number of ketones is 1. The maximum atomic E-state index is 12.3. The van der Waals surface area contributed by atoms with E-state index in [2.05, 4.69) is 10.4 Å². The van der Waals surface area contributed by atoms with E-state index < -0.39 is 0 Å². The average molecular weight is 233 g/mol. The van der Waals surface area contributed by atoms with Crippen molar-refractivity contribution in [3.05, 3.63) is 17.5 Å². The Morgan fingerprint density at radius 3 is 2.88 bits per heavy atom. The van der Waals surface area contributed by atoms with Gasteiger partial charge >= 0.3 is 0 Å². The van der Waals surface area contributed by atoms with Gasteiger partial charge in [0.2, 0.25) is 0 Å². The third-order valence-corrected chi connectivity index (χ3v) is 4.24. The number of hydrogen-bond acceptors (Lipinski definition) is 3. The number of nitrogens with one attached hydrogen (secondary N) is 1. The highest BCUT2D eigenvalue weighted by Crippen LogP contribution is 2.41. The van der Waals surface area contributed by atoms with Crippen LogP contribution in [0.2, 0.25) is 0 Å². The monoisotopic (exact) mass is 233 g/mol. The highest BCUT2D eigenvalue weighted by molar-refractivity contribution is 5.97. The Hall–Kier alpha value is -1.16. The van der Waals surface area contributed by atoms with Gasteiger partial charge < -0.3 is 5.32 Å². The zero-order chi connectivity index (χ0) is 11.9. The second kappa shape index (κ2) is 3.95. The summed E-state index contributed by atoms with van der Waals surface area (Å²) in [5.74, 6) is 0.299. The number of hydrogen-bond donors (Lipinski definition) is 1. The van der Waals surface area contributed by atoms with Crippen LogP contribution in [0, 0.1) is 5.41 Å². The lowest BCUT2D eigenvalue weighted by molar-refractivity contribution is 0.0824. The van der Waals surface area contributed by atoms with E-state index in [1.54, 1.807) is 0 Å². The van der Waals surface area contributed by atoms with Gasteiger partial charge in [-0.3, -0.25) is 9.48 Å². The van der Waals surface area contributed by atoms with E-state index >= 15 is 0 Å². The van der Waals surface area contributed by atoms with Crippen LogP contribution in [0.15, 0.2) is 6.20 Å². The molecule has 0 aromatic carbocycles.